The minimum Gasteiger partial charge on any atom is -0.376 e. The van der Waals surface area contributed by atoms with Crippen molar-refractivity contribution >= 4 is 5.91 Å². The molecule has 0 aliphatic rings. The van der Waals surface area contributed by atoms with Crippen molar-refractivity contribution in [1.82, 2.24) is 10.2 Å². The molecule has 0 fully saturated rings. The Kier molecular flexibility index (Phi) is 10.0. The maximum atomic E-state index is 12.2. The van der Waals surface area contributed by atoms with Crippen molar-refractivity contribution in [3.63, 3.8) is 0 Å². The molecule has 0 saturated carbocycles. The van der Waals surface area contributed by atoms with Crippen LogP contribution in [0.1, 0.15) is 45.1 Å². The van der Waals surface area contributed by atoms with Crippen molar-refractivity contribution < 1.29 is 4.79 Å². The summed E-state index contributed by atoms with van der Waals surface area (Å²) in [6.07, 6.45) is 6.82. The van der Waals surface area contributed by atoms with E-state index in [1.54, 1.807) is 6.20 Å². The summed E-state index contributed by atoms with van der Waals surface area (Å²) in [5.41, 5.74) is 1.36. The van der Waals surface area contributed by atoms with Gasteiger partial charge >= 0.3 is 0 Å². The first-order valence-electron chi connectivity index (χ1n) is 8.89. The first kappa shape index (κ1) is 19.8. The first-order valence-corrected chi connectivity index (χ1v) is 8.89. The fourth-order valence-electron chi connectivity index (χ4n) is 2.34. The van der Waals surface area contributed by atoms with E-state index >= 15 is 0 Å². The molecule has 1 amide bonds. The van der Waals surface area contributed by atoms with Gasteiger partial charge in [0.25, 0.3) is 5.91 Å². The number of nitrogens with one attached hydrogen (secondary N) is 1. The van der Waals surface area contributed by atoms with E-state index in [0.29, 0.717) is 6.54 Å². The van der Waals surface area contributed by atoms with Crippen LogP contribution in [0, 0.1) is 11.3 Å². The highest BCUT2D eigenvalue weighted by Gasteiger charge is 2.10. The fraction of sp³-hybridized carbons (Fsp3) is 0.500. The number of hydrogen-bond donors (Lipinski definition) is 1. The van der Waals surface area contributed by atoms with Crippen molar-refractivity contribution in [2.75, 3.05) is 19.6 Å². The van der Waals surface area contributed by atoms with Crippen molar-refractivity contribution in [3.05, 3.63) is 47.7 Å². The molecule has 4 nitrogen and oxygen atoms in total. The number of benzene rings is 1. The quantitative estimate of drug-likeness (QED) is 0.498. The Balaban J connectivity index is 2.56. The Morgan fingerprint density at radius 1 is 1.17 bits per heavy atom. The standard InChI is InChI=1S/C20H29N3O/c1-3-5-14-23(15-6-4-2)17-19(16-21)20(24)22-13-12-18-10-8-7-9-11-18/h7-11,17H,3-6,12-15H2,1-2H3,(H,22,24)/b19-17-. The van der Waals surface area contributed by atoms with Gasteiger partial charge in [0.15, 0.2) is 0 Å². The lowest BCUT2D eigenvalue weighted by Crippen LogP contribution is -2.29. The second-order valence-corrected chi connectivity index (χ2v) is 5.89. The average Bonchev–Trinajstić information content (AvgIpc) is 2.62. The first-order chi connectivity index (χ1) is 11.7. The van der Waals surface area contributed by atoms with E-state index in [1.165, 1.54) is 5.56 Å². The van der Waals surface area contributed by atoms with Crippen LogP contribution in [0.25, 0.3) is 0 Å². The number of rotatable bonds is 11. The van der Waals surface area contributed by atoms with Crippen LogP contribution >= 0.6 is 0 Å². The van der Waals surface area contributed by atoms with Gasteiger partial charge in [-0.05, 0) is 24.8 Å². The van der Waals surface area contributed by atoms with Crippen LogP contribution in [0.3, 0.4) is 0 Å². The fourth-order valence-corrected chi connectivity index (χ4v) is 2.34. The largest absolute Gasteiger partial charge is 0.376 e. The summed E-state index contributed by atoms with van der Waals surface area (Å²) >= 11 is 0. The summed E-state index contributed by atoms with van der Waals surface area (Å²) < 4.78 is 0. The van der Waals surface area contributed by atoms with Crippen LogP contribution in [0.15, 0.2) is 42.1 Å². The Hall–Kier alpha value is -2.28. The lowest BCUT2D eigenvalue weighted by molar-refractivity contribution is -0.117. The zero-order valence-corrected chi connectivity index (χ0v) is 14.9. The van der Waals surface area contributed by atoms with Crippen molar-refractivity contribution in [1.29, 1.82) is 5.26 Å². The smallest absolute Gasteiger partial charge is 0.263 e. The number of amides is 1. The molecular formula is C20H29N3O. The highest BCUT2D eigenvalue weighted by Crippen LogP contribution is 2.04. The maximum Gasteiger partial charge on any atom is 0.263 e. The van der Waals surface area contributed by atoms with Gasteiger partial charge in [-0.1, -0.05) is 57.0 Å². The van der Waals surface area contributed by atoms with Gasteiger partial charge in [0, 0.05) is 25.8 Å². The lowest BCUT2D eigenvalue weighted by Gasteiger charge is -2.20. The Labute approximate surface area is 146 Å². The zero-order valence-electron chi connectivity index (χ0n) is 14.9. The summed E-state index contributed by atoms with van der Waals surface area (Å²) in [5.74, 6) is -0.286. The van der Waals surface area contributed by atoms with Crippen LogP contribution in [-0.4, -0.2) is 30.4 Å². The monoisotopic (exact) mass is 327 g/mol. The number of nitrogens with zero attached hydrogens (tertiary/aromatic N) is 2. The van der Waals surface area contributed by atoms with Crippen molar-refractivity contribution in [3.8, 4) is 6.07 Å². The van der Waals surface area contributed by atoms with Gasteiger partial charge in [-0.15, -0.1) is 0 Å². The van der Waals surface area contributed by atoms with Crippen molar-refractivity contribution in [2.24, 2.45) is 0 Å². The van der Waals surface area contributed by atoms with Gasteiger partial charge in [0.2, 0.25) is 0 Å². The van der Waals surface area contributed by atoms with E-state index in [1.807, 2.05) is 36.4 Å². The second kappa shape index (κ2) is 12.2. The molecule has 0 aliphatic carbocycles. The van der Waals surface area contributed by atoms with Gasteiger partial charge in [0.1, 0.15) is 11.6 Å². The topological polar surface area (TPSA) is 56.1 Å². The average molecular weight is 327 g/mol. The van der Waals surface area contributed by atoms with Crippen LogP contribution in [0.4, 0.5) is 0 Å². The Morgan fingerprint density at radius 2 is 1.79 bits per heavy atom. The van der Waals surface area contributed by atoms with Gasteiger partial charge in [-0.25, -0.2) is 0 Å². The number of nitriles is 1. The van der Waals surface area contributed by atoms with E-state index in [0.717, 1.165) is 45.2 Å². The number of unbranched alkanes of at least 4 members (excludes halogenated alkanes) is 2. The van der Waals surface area contributed by atoms with Gasteiger partial charge in [-0.2, -0.15) is 5.26 Å². The van der Waals surface area contributed by atoms with E-state index in [-0.39, 0.29) is 11.5 Å². The molecule has 4 heteroatoms. The molecule has 0 unspecified atom stereocenters. The molecule has 0 bridgehead atoms. The number of carbonyl (C=O) groups is 1. The Bertz CT molecular complexity index is 538. The third-order valence-corrected chi connectivity index (χ3v) is 3.82. The number of carbonyl (C=O) groups excluding carboxylic acids is 1. The maximum absolute atomic E-state index is 12.2. The molecule has 24 heavy (non-hydrogen) atoms. The molecule has 0 spiro atoms. The van der Waals surface area contributed by atoms with Gasteiger partial charge < -0.3 is 10.2 Å². The van der Waals surface area contributed by atoms with Crippen LogP contribution < -0.4 is 5.32 Å². The minimum absolute atomic E-state index is 0.190. The van der Waals surface area contributed by atoms with Crippen LogP contribution in [0.5, 0.6) is 0 Å². The predicted molar refractivity (Wildman–Crippen MR) is 98.2 cm³/mol. The third-order valence-electron chi connectivity index (χ3n) is 3.82. The molecule has 0 saturated heterocycles. The van der Waals surface area contributed by atoms with Crippen LogP contribution in [-0.2, 0) is 11.2 Å². The molecule has 1 N–H and O–H groups in total. The van der Waals surface area contributed by atoms with E-state index in [2.05, 4.69) is 24.1 Å². The molecule has 0 atom stereocenters. The molecular weight excluding hydrogens is 298 g/mol. The molecule has 0 heterocycles. The molecule has 0 aliphatic heterocycles. The van der Waals surface area contributed by atoms with Gasteiger partial charge in [0.05, 0.1) is 0 Å². The van der Waals surface area contributed by atoms with E-state index in [4.69, 9.17) is 0 Å². The second-order valence-electron chi connectivity index (χ2n) is 5.89. The molecule has 0 radical (unpaired) electrons. The normalized spacial score (nSPS) is 11.0. The lowest BCUT2D eigenvalue weighted by atomic mass is 10.1. The number of hydrogen-bond acceptors (Lipinski definition) is 3. The predicted octanol–water partition coefficient (Wildman–Crippen LogP) is 3.65. The highest BCUT2D eigenvalue weighted by atomic mass is 16.1. The summed E-state index contributed by atoms with van der Waals surface area (Å²) in [6.45, 7) is 6.59. The minimum atomic E-state index is -0.286. The van der Waals surface area contributed by atoms with Crippen molar-refractivity contribution in [2.45, 2.75) is 46.0 Å². The molecule has 1 aromatic rings. The Morgan fingerprint density at radius 3 is 2.33 bits per heavy atom. The van der Waals surface area contributed by atoms with E-state index in [9.17, 15) is 10.1 Å². The summed E-state index contributed by atoms with van der Waals surface area (Å²) in [7, 11) is 0. The SMILES string of the molecule is CCCCN(/C=C(/C#N)C(=O)NCCc1ccccc1)CCCC. The third kappa shape index (κ3) is 7.82. The molecule has 1 aromatic carbocycles. The summed E-state index contributed by atoms with van der Waals surface area (Å²) in [6, 6.07) is 12.0. The highest BCUT2D eigenvalue weighted by molar-refractivity contribution is 5.97. The summed E-state index contributed by atoms with van der Waals surface area (Å²) in [4.78, 5) is 14.3. The molecule has 130 valence electrons. The van der Waals surface area contributed by atoms with Gasteiger partial charge in [-0.3, -0.25) is 4.79 Å². The molecule has 0 aromatic heterocycles. The van der Waals surface area contributed by atoms with E-state index < -0.39 is 0 Å². The van der Waals surface area contributed by atoms with Crippen LogP contribution in [0.2, 0.25) is 0 Å². The summed E-state index contributed by atoms with van der Waals surface area (Å²) in [5, 5.41) is 12.2. The zero-order chi connectivity index (χ0) is 17.6. The molecule has 1 rings (SSSR count).